The lowest BCUT2D eigenvalue weighted by atomic mass is 10.2. The minimum atomic E-state index is -4.87. The van der Waals surface area contributed by atoms with Crippen molar-refractivity contribution in [2.45, 2.75) is 32.5 Å². The van der Waals surface area contributed by atoms with E-state index in [0.717, 1.165) is 12.1 Å². The normalized spacial score (nSPS) is 17.6. The van der Waals surface area contributed by atoms with Gasteiger partial charge in [0.25, 0.3) is 5.91 Å². The van der Waals surface area contributed by atoms with Crippen LogP contribution in [0.25, 0.3) is 16.7 Å². The van der Waals surface area contributed by atoms with Crippen molar-refractivity contribution in [3.63, 3.8) is 0 Å². The summed E-state index contributed by atoms with van der Waals surface area (Å²) in [6.45, 7) is 4.00. The van der Waals surface area contributed by atoms with Crippen LogP contribution in [0.3, 0.4) is 0 Å². The summed E-state index contributed by atoms with van der Waals surface area (Å²) in [5.41, 5.74) is 6.25. The number of carbonyl (C=O) groups is 2. The maximum atomic E-state index is 12.6. The monoisotopic (exact) mass is 435 g/mol. The maximum Gasteiger partial charge on any atom is 0.573 e. The number of nitrogens with zero attached hydrogens (tertiary/aromatic N) is 2. The van der Waals surface area contributed by atoms with Crippen molar-refractivity contribution < 1.29 is 32.6 Å². The number of hydrogen-bond donors (Lipinski definition) is 2. The topological polar surface area (TPSA) is 107 Å². The molecule has 4 rings (SSSR count). The molecule has 1 saturated carbocycles. The first kappa shape index (κ1) is 22.1. The van der Waals surface area contributed by atoms with Crippen LogP contribution in [-0.2, 0) is 4.79 Å². The molecule has 0 bridgehead atoms. The van der Waals surface area contributed by atoms with Crippen LogP contribution in [0.15, 0.2) is 42.5 Å². The Balaban J connectivity index is 0.00000132. The minimum absolute atomic E-state index is 0.0272. The number of aliphatic carboxylic acids is 1. The van der Waals surface area contributed by atoms with E-state index < -0.39 is 29.9 Å². The van der Waals surface area contributed by atoms with Crippen molar-refractivity contribution >= 4 is 22.8 Å². The van der Waals surface area contributed by atoms with Gasteiger partial charge in [-0.05, 0) is 36.8 Å². The average molecular weight is 435 g/mol. The molecule has 31 heavy (non-hydrogen) atoms. The van der Waals surface area contributed by atoms with Crippen LogP contribution in [0.4, 0.5) is 13.2 Å². The zero-order valence-electron chi connectivity index (χ0n) is 16.7. The number of nitrogens with two attached hydrogens (primary N) is 1. The first-order chi connectivity index (χ1) is 14.6. The minimum Gasteiger partial charge on any atom is -0.481 e. The van der Waals surface area contributed by atoms with Crippen molar-refractivity contribution in [1.29, 1.82) is 0 Å². The Labute approximate surface area is 175 Å². The third-order valence-corrected chi connectivity index (χ3v) is 4.73. The van der Waals surface area contributed by atoms with Gasteiger partial charge >= 0.3 is 12.3 Å². The molecule has 7 nitrogen and oxygen atoms in total. The first-order valence-electron chi connectivity index (χ1n) is 9.55. The Bertz CT molecular complexity index is 1140. The van der Waals surface area contributed by atoms with Gasteiger partial charge in [-0.15, -0.1) is 13.2 Å². The van der Waals surface area contributed by atoms with E-state index in [-0.39, 0.29) is 22.9 Å². The number of pyridine rings is 1. The Kier molecular flexibility index (Phi) is 5.92. The highest BCUT2D eigenvalue weighted by Crippen LogP contribution is 2.47. The summed E-state index contributed by atoms with van der Waals surface area (Å²) in [6, 6.07) is 9.97. The van der Waals surface area contributed by atoms with Gasteiger partial charge in [-0.3, -0.25) is 14.2 Å². The molecular formula is C21H20F3N3O4. The summed E-state index contributed by atoms with van der Waals surface area (Å²) in [4.78, 5) is 27.5. The van der Waals surface area contributed by atoms with Crippen LogP contribution >= 0.6 is 0 Å². The quantitative estimate of drug-likeness (QED) is 0.623. The molecule has 1 amide bonds. The second-order valence-corrected chi connectivity index (χ2v) is 6.71. The molecule has 2 aromatic heterocycles. The van der Waals surface area contributed by atoms with Gasteiger partial charge in [-0.1, -0.05) is 19.9 Å². The molecular weight excluding hydrogens is 415 g/mol. The van der Waals surface area contributed by atoms with Gasteiger partial charge in [0.15, 0.2) is 0 Å². The molecule has 10 heteroatoms. The van der Waals surface area contributed by atoms with E-state index in [9.17, 15) is 22.8 Å². The van der Waals surface area contributed by atoms with Gasteiger partial charge in [0.05, 0.1) is 11.4 Å². The van der Waals surface area contributed by atoms with Crippen LogP contribution < -0.4 is 10.5 Å². The predicted molar refractivity (Wildman–Crippen MR) is 106 cm³/mol. The Hall–Kier alpha value is -3.56. The van der Waals surface area contributed by atoms with Gasteiger partial charge in [0.2, 0.25) is 0 Å². The molecule has 1 fully saturated rings. The fraction of sp³-hybridized carbons (Fsp3) is 0.286. The van der Waals surface area contributed by atoms with Crippen LogP contribution in [0.2, 0.25) is 0 Å². The van der Waals surface area contributed by atoms with Gasteiger partial charge < -0.3 is 15.6 Å². The van der Waals surface area contributed by atoms with Crippen LogP contribution in [-0.4, -0.2) is 32.9 Å². The number of ether oxygens (including phenoxy) is 1. The average Bonchev–Trinajstić information content (AvgIpc) is 3.43. The molecule has 164 valence electrons. The number of rotatable bonds is 5. The fourth-order valence-electron chi connectivity index (χ4n) is 3.37. The van der Waals surface area contributed by atoms with Crippen molar-refractivity contribution in [3.8, 4) is 11.6 Å². The van der Waals surface area contributed by atoms with Gasteiger partial charge in [0.1, 0.15) is 17.3 Å². The molecule has 2 unspecified atom stereocenters. The lowest BCUT2D eigenvalue weighted by Gasteiger charge is -2.12. The number of alkyl halides is 3. The highest BCUT2D eigenvalue weighted by Gasteiger charge is 2.45. The number of amides is 1. The molecule has 2 heterocycles. The smallest absolute Gasteiger partial charge is 0.481 e. The highest BCUT2D eigenvalue weighted by molar-refractivity contribution is 5.99. The van der Waals surface area contributed by atoms with Gasteiger partial charge in [-0.2, -0.15) is 0 Å². The fourth-order valence-corrected chi connectivity index (χ4v) is 3.37. The van der Waals surface area contributed by atoms with E-state index >= 15 is 0 Å². The second kappa shape index (κ2) is 8.29. The number of carbonyl (C=O) groups excluding carboxylic acids is 1. The van der Waals surface area contributed by atoms with Crippen molar-refractivity contribution in [3.05, 3.63) is 53.9 Å². The number of benzene rings is 1. The number of fused-ring (bicyclic) bond motifs is 1. The number of carboxylic acid groups (broad SMARTS) is 1. The van der Waals surface area contributed by atoms with Crippen LogP contribution in [0, 0.1) is 5.92 Å². The number of halogens is 3. The maximum absolute atomic E-state index is 12.6. The number of carboxylic acids is 1. The predicted octanol–water partition coefficient (Wildman–Crippen LogP) is 4.24. The van der Waals surface area contributed by atoms with E-state index in [4.69, 9.17) is 10.8 Å². The van der Waals surface area contributed by atoms with Crippen molar-refractivity contribution in [2.24, 2.45) is 11.7 Å². The molecule has 3 aromatic rings. The SMILES string of the molecule is CC.NC(=O)c1cc2ccc(OC(F)(F)F)cc2n1-c1cccc(C2CC2C(=O)O)n1. The lowest BCUT2D eigenvalue weighted by Crippen LogP contribution is -2.17. The van der Waals surface area contributed by atoms with Crippen molar-refractivity contribution in [2.75, 3.05) is 0 Å². The summed E-state index contributed by atoms with van der Waals surface area (Å²) in [5, 5.41) is 9.59. The Morgan fingerprint density at radius 1 is 1.19 bits per heavy atom. The first-order valence-corrected chi connectivity index (χ1v) is 9.55. The number of aromatic nitrogens is 2. The van der Waals surface area contributed by atoms with E-state index in [2.05, 4.69) is 9.72 Å². The second-order valence-electron chi connectivity index (χ2n) is 6.71. The Morgan fingerprint density at radius 3 is 2.48 bits per heavy atom. The largest absolute Gasteiger partial charge is 0.573 e. The molecule has 2 atom stereocenters. The summed E-state index contributed by atoms with van der Waals surface area (Å²) in [6.07, 6.45) is -4.42. The van der Waals surface area contributed by atoms with Crippen molar-refractivity contribution in [1.82, 2.24) is 9.55 Å². The molecule has 3 N–H and O–H groups in total. The van der Waals surface area contributed by atoms with Crippen LogP contribution in [0.5, 0.6) is 5.75 Å². The molecule has 0 spiro atoms. The summed E-state index contributed by atoms with van der Waals surface area (Å²) < 4.78 is 43.1. The van der Waals surface area contributed by atoms with E-state index in [1.165, 1.54) is 16.7 Å². The van der Waals surface area contributed by atoms with Gasteiger partial charge in [0, 0.05) is 23.1 Å². The molecule has 1 aliphatic rings. The zero-order valence-corrected chi connectivity index (χ0v) is 16.7. The van der Waals surface area contributed by atoms with E-state index in [1.54, 1.807) is 18.2 Å². The van der Waals surface area contributed by atoms with Crippen LogP contribution in [0.1, 0.15) is 42.4 Å². The summed E-state index contributed by atoms with van der Waals surface area (Å²) >= 11 is 0. The highest BCUT2D eigenvalue weighted by atomic mass is 19.4. The Morgan fingerprint density at radius 2 is 1.90 bits per heavy atom. The van der Waals surface area contributed by atoms with E-state index in [0.29, 0.717) is 17.5 Å². The number of hydrogen-bond acceptors (Lipinski definition) is 4. The van der Waals surface area contributed by atoms with E-state index in [1.807, 2.05) is 13.8 Å². The van der Waals surface area contributed by atoms with Gasteiger partial charge in [-0.25, -0.2) is 4.98 Å². The molecule has 0 aliphatic heterocycles. The standard InChI is InChI=1S/C19H14F3N3O4.C2H6/c20-19(21,22)29-10-5-4-9-6-15(17(23)26)25(14(9)7-10)16-3-1-2-13(24-16)11-8-12(11)18(27)28;1-2/h1-7,11-12H,8H2,(H2,23,26)(H,27,28);1-2H3. The molecule has 1 aromatic carbocycles. The number of primary amides is 1. The lowest BCUT2D eigenvalue weighted by molar-refractivity contribution is -0.274. The zero-order chi connectivity index (χ0) is 22.9. The third kappa shape index (κ3) is 4.62. The third-order valence-electron chi connectivity index (χ3n) is 4.73. The molecule has 1 aliphatic carbocycles. The molecule has 0 radical (unpaired) electrons. The molecule has 0 saturated heterocycles. The summed E-state index contributed by atoms with van der Waals surface area (Å²) in [7, 11) is 0. The summed E-state index contributed by atoms with van der Waals surface area (Å²) in [5.74, 6) is -2.70.